The van der Waals surface area contributed by atoms with Gasteiger partial charge < -0.3 is 14.6 Å². The second-order valence-electron chi connectivity index (χ2n) is 5.13. The maximum atomic E-state index is 10.7. The first-order valence-electron chi connectivity index (χ1n) is 6.01. The molecule has 7 nitrogen and oxygen atoms in total. The van der Waals surface area contributed by atoms with E-state index in [1.165, 1.54) is 18.2 Å². The average Bonchev–Trinajstić information content (AvgIpc) is 2.28. The number of hydrogen-bond acceptors (Lipinski definition) is 5. The zero-order chi connectivity index (χ0) is 15.3. The fourth-order valence-corrected chi connectivity index (χ4v) is 1.54. The molecule has 7 heteroatoms. The van der Waals surface area contributed by atoms with Crippen LogP contribution in [-0.2, 0) is 11.2 Å². The molecule has 1 aromatic carbocycles. The predicted octanol–water partition coefficient (Wildman–Crippen LogP) is 3.01. The van der Waals surface area contributed by atoms with Crippen molar-refractivity contribution in [2.75, 3.05) is 6.61 Å². The van der Waals surface area contributed by atoms with Crippen LogP contribution in [-0.4, -0.2) is 28.4 Å². The molecular weight excluding hydrogens is 266 g/mol. The SMILES string of the molecule is CC(C)(C)OCCc1cc([N+](=O)[O-])ccc1OC(=O)O. The molecular formula is C13H17NO6. The van der Waals surface area contributed by atoms with Crippen molar-refractivity contribution in [1.82, 2.24) is 0 Å². The van der Waals surface area contributed by atoms with Gasteiger partial charge in [0.25, 0.3) is 5.69 Å². The molecule has 110 valence electrons. The van der Waals surface area contributed by atoms with Crippen molar-refractivity contribution >= 4 is 11.8 Å². The standard InChI is InChI=1S/C13H17NO6/c1-13(2,3)19-7-6-9-8-10(14(17)18)4-5-11(9)20-12(15)16/h4-5,8H,6-7H2,1-3H3,(H,15,16). The first-order chi connectivity index (χ1) is 9.19. The lowest BCUT2D eigenvalue weighted by molar-refractivity contribution is -0.384. The molecule has 0 unspecified atom stereocenters. The van der Waals surface area contributed by atoms with Crippen LogP contribution in [0.25, 0.3) is 0 Å². The van der Waals surface area contributed by atoms with Crippen molar-refractivity contribution in [1.29, 1.82) is 0 Å². The summed E-state index contributed by atoms with van der Waals surface area (Å²) in [6.07, 6.45) is -1.14. The molecule has 0 amide bonds. The van der Waals surface area contributed by atoms with Gasteiger partial charge in [-0.05, 0) is 33.3 Å². The molecule has 0 aliphatic heterocycles. The van der Waals surface area contributed by atoms with E-state index in [0.717, 1.165) is 0 Å². The van der Waals surface area contributed by atoms with Gasteiger partial charge in [0.2, 0.25) is 0 Å². The Bertz CT molecular complexity index is 506. The zero-order valence-corrected chi connectivity index (χ0v) is 11.6. The number of hydrogen-bond donors (Lipinski definition) is 1. The number of carbonyl (C=O) groups is 1. The monoisotopic (exact) mass is 283 g/mol. The highest BCUT2D eigenvalue weighted by Crippen LogP contribution is 2.25. The molecule has 1 rings (SSSR count). The minimum Gasteiger partial charge on any atom is -0.449 e. The maximum absolute atomic E-state index is 10.7. The first-order valence-corrected chi connectivity index (χ1v) is 6.01. The Balaban J connectivity index is 2.90. The van der Waals surface area contributed by atoms with Gasteiger partial charge >= 0.3 is 6.16 Å². The van der Waals surface area contributed by atoms with Crippen LogP contribution in [0.4, 0.5) is 10.5 Å². The van der Waals surface area contributed by atoms with Crippen molar-refractivity contribution in [3.05, 3.63) is 33.9 Å². The first kappa shape index (κ1) is 15.9. The third-order valence-corrected chi connectivity index (χ3v) is 2.36. The fourth-order valence-electron chi connectivity index (χ4n) is 1.54. The summed E-state index contributed by atoms with van der Waals surface area (Å²) in [5.41, 5.74) is -0.0338. The predicted molar refractivity (Wildman–Crippen MR) is 71.2 cm³/mol. The lowest BCUT2D eigenvalue weighted by atomic mass is 10.1. The van der Waals surface area contributed by atoms with Crippen LogP contribution >= 0.6 is 0 Å². The molecule has 0 fully saturated rings. The van der Waals surface area contributed by atoms with Crippen LogP contribution in [0.15, 0.2) is 18.2 Å². The van der Waals surface area contributed by atoms with Crippen LogP contribution < -0.4 is 4.74 Å². The molecule has 0 atom stereocenters. The van der Waals surface area contributed by atoms with E-state index in [1.807, 2.05) is 20.8 Å². The summed E-state index contributed by atoms with van der Waals surface area (Å²) in [6, 6.07) is 3.77. The number of rotatable bonds is 5. The van der Waals surface area contributed by atoms with Gasteiger partial charge in [-0.15, -0.1) is 0 Å². The summed E-state index contributed by atoms with van der Waals surface area (Å²) in [5.74, 6) is 0.0839. The third-order valence-electron chi connectivity index (χ3n) is 2.36. The van der Waals surface area contributed by atoms with Gasteiger partial charge in [-0.25, -0.2) is 4.79 Å². The van der Waals surface area contributed by atoms with Crippen molar-refractivity contribution < 1.29 is 24.3 Å². The van der Waals surface area contributed by atoms with Crippen LogP contribution in [0, 0.1) is 10.1 Å². The number of ether oxygens (including phenoxy) is 2. The summed E-state index contributed by atoms with van der Waals surface area (Å²) in [4.78, 5) is 20.8. The Hall–Kier alpha value is -2.15. The minimum absolute atomic E-state index is 0.0839. The molecule has 0 saturated heterocycles. The fraction of sp³-hybridized carbons (Fsp3) is 0.462. The Kier molecular flexibility index (Phi) is 5.04. The van der Waals surface area contributed by atoms with Gasteiger partial charge in [-0.1, -0.05) is 0 Å². The van der Waals surface area contributed by atoms with E-state index in [-0.39, 0.29) is 17.0 Å². The molecule has 1 aromatic rings. The highest BCUT2D eigenvalue weighted by Gasteiger charge is 2.15. The van der Waals surface area contributed by atoms with E-state index in [1.54, 1.807) is 0 Å². The summed E-state index contributed by atoms with van der Waals surface area (Å²) >= 11 is 0. The number of nitro groups is 1. The summed E-state index contributed by atoms with van der Waals surface area (Å²) < 4.78 is 10.1. The summed E-state index contributed by atoms with van der Waals surface area (Å²) in [7, 11) is 0. The van der Waals surface area contributed by atoms with E-state index >= 15 is 0 Å². The van der Waals surface area contributed by atoms with E-state index in [9.17, 15) is 14.9 Å². The highest BCUT2D eigenvalue weighted by molar-refractivity contribution is 5.62. The van der Waals surface area contributed by atoms with Gasteiger partial charge in [0.15, 0.2) is 0 Å². The Morgan fingerprint density at radius 2 is 2.05 bits per heavy atom. The number of nitrogens with zero attached hydrogens (tertiary/aromatic N) is 1. The topological polar surface area (TPSA) is 98.9 Å². The lowest BCUT2D eigenvalue weighted by Gasteiger charge is -2.19. The van der Waals surface area contributed by atoms with Gasteiger partial charge in [-0.3, -0.25) is 10.1 Å². The molecule has 0 saturated carbocycles. The lowest BCUT2D eigenvalue weighted by Crippen LogP contribution is -2.20. The van der Waals surface area contributed by atoms with E-state index in [4.69, 9.17) is 9.84 Å². The molecule has 0 aromatic heterocycles. The molecule has 0 heterocycles. The van der Waals surface area contributed by atoms with Gasteiger partial charge in [0.1, 0.15) is 5.75 Å². The van der Waals surface area contributed by atoms with Crippen LogP contribution in [0.3, 0.4) is 0 Å². The van der Waals surface area contributed by atoms with Gasteiger partial charge in [0.05, 0.1) is 17.1 Å². The molecule has 0 aliphatic rings. The van der Waals surface area contributed by atoms with Crippen molar-refractivity contribution in [3.8, 4) is 5.75 Å². The van der Waals surface area contributed by atoms with E-state index in [0.29, 0.717) is 18.6 Å². The van der Waals surface area contributed by atoms with E-state index < -0.39 is 11.1 Å². The quantitative estimate of drug-likeness (QED) is 0.386. The minimum atomic E-state index is -1.46. The Morgan fingerprint density at radius 1 is 1.40 bits per heavy atom. The summed E-state index contributed by atoms with van der Waals surface area (Å²) in [5, 5.41) is 19.4. The molecule has 0 spiro atoms. The largest absolute Gasteiger partial charge is 0.511 e. The summed E-state index contributed by atoms with van der Waals surface area (Å²) in [6.45, 7) is 5.96. The molecule has 20 heavy (non-hydrogen) atoms. The highest BCUT2D eigenvalue weighted by atomic mass is 16.7. The molecule has 0 aliphatic carbocycles. The number of non-ortho nitro benzene ring substituents is 1. The second-order valence-corrected chi connectivity index (χ2v) is 5.13. The molecule has 0 radical (unpaired) electrons. The van der Waals surface area contributed by atoms with Gasteiger partial charge in [-0.2, -0.15) is 0 Å². The number of carboxylic acid groups (broad SMARTS) is 1. The average molecular weight is 283 g/mol. The van der Waals surface area contributed by atoms with Crippen molar-refractivity contribution in [2.45, 2.75) is 32.8 Å². The van der Waals surface area contributed by atoms with E-state index in [2.05, 4.69) is 4.74 Å². The van der Waals surface area contributed by atoms with Crippen LogP contribution in [0.2, 0.25) is 0 Å². The van der Waals surface area contributed by atoms with Crippen LogP contribution in [0.5, 0.6) is 5.75 Å². The normalized spacial score (nSPS) is 11.2. The second kappa shape index (κ2) is 6.33. The Morgan fingerprint density at radius 3 is 2.55 bits per heavy atom. The van der Waals surface area contributed by atoms with Crippen molar-refractivity contribution in [2.24, 2.45) is 0 Å². The number of nitro benzene ring substituents is 1. The zero-order valence-electron chi connectivity index (χ0n) is 11.6. The van der Waals surface area contributed by atoms with Crippen LogP contribution in [0.1, 0.15) is 26.3 Å². The molecule has 1 N–H and O–H groups in total. The van der Waals surface area contributed by atoms with Gasteiger partial charge in [0, 0.05) is 17.7 Å². The van der Waals surface area contributed by atoms with Crippen molar-refractivity contribution in [3.63, 3.8) is 0 Å². The third kappa shape index (κ3) is 5.23. The smallest absolute Gasteiger partial charge is 0.449 e. The number of benzene rings is 1. The Labute approximate surface area is 116 Å². The molecule has 0 bridgehead atoms. The maximum Gasteiger partial charge on any atom is 0.511 e.